The van der Waals surface area contributed by atoms with Gasteiger partial charge in [0.15, 0.2) is 0 Å². The van der Waals surface area contributed by atoms with Crippen LogP contribution in [0.2, 0.25) is 0 Å². The highest BCUT2D eigenvalue weighted by molar-refractivity contribution is 5.92. The van der Waals surface area contributed by atoms with Crippen LogP contribution in [0.4, 0.5) is 17.8 Å². The average Bonchev–Trinajstić information content (AvgIpc) is 3.40. The minimum absolute atomic E-state index is 0.426. The van der Waals surface area contributed by atoms with Crippen LogP contribution in [0, 0.1) is 0 Å². The predicted molar refractivity (Wildman–Crippen MR) is 105 cm³/mol. The number of anilines is 3. The molecule has 0 unspecified atom stereocenters. The molecule has 142 valence electrons. The Labute approximate surface area is 158 Å². The molecule has 1 aromatic heterocycles. The van der Waals surface area contributed by atoms with E-state index in [0.717, 1.165) is 43.6 Å². The summed E-state index contributed by atoms with van der Waals surface area (Å²) in [6.45, 7) is 4.48. The summed E-state index contributed by atoms with van der Waals surface area (Å²) in [6.07, 6.45) is 4.70. The Morgan fingerprint density at radius 3 is 2.11 bits per heavy atom. The van der Waals surface area contributed by atoms with Crippen molar-refractivity contribution in [2.24, 2.45) is 5.73 Å². The highest BCUT2D eigenvalue weighted by atomic mass is 16.1. The van der Waals surface area contributed by atoms with Gasteiger partial charge in [-0.1, -0.05) is 12.1 Å². The van der Waals surface area contributed by atoms with Crippen molar-refractivity contribution in [3.05, 3.63) is 35.4 Å². The second-order valence-corrected chi connectivity index (χ2v) is 7.07. The summed E-state index contributed by atoms with van der Waals surface area (Å²) >= 11 is 0. The summed E-state index contributed by atoms with van der Waals surface area (Å²) in [5, 5.41) is 3.29. The quantitative estimate of drug-likeness (QED) is 0.803. The Balaban J connectivity index is 1.55. The molecule has 2 aliphatic rings. The first kappa shape index (κ1) is 17.5. The number of amides is 1. The number of aromatic nitrogens is 3. The maximum atomic E-state index is 11.4. The van der Waals surface area contributed by atoms with E-state index in [2.05, 4.69) is 25.1 Å². The summed E-state index contributed by atoms with van der Waals surface area (Å²) in [5.41, 5.74) is 6.82. The van der Waals surface area contributed by atoms with E-state index in [1.54, 1.807) is 12.1 Å². The fourth-order valence-corrected chi connectivity index (χ4v) is 3.57. The molecule has 4 rings (SSSR count). The van der Waals surface area contributed by atoms with Gasteiger partial charge in [-0.25, -0.2) is 0 Å². The van der Waals surface area contributed by atoms with E-state index < -0.39 is 5.91 Å². The molecule has 2 aromatic rings. The van der Waals surface area contributed by atoms with Gasteiger partial charge in [0.05, 0.1) is 0 Å². The van der Waals surface area contributed by atoms with Gasteiger partial charge in [-0.15, -0.1) is 0 Å². The molecule has 1 aromatic carbocycles. The van der Waals surface area contributed by atoms with Crippen molar-refractivity contribution >= 4 is 23.8 Å². The fraction of sp³-hybridized carbons (Fsp3) is 0.474. The van der Waals surface area contributed by atoms with Gasteiger partial charge in [0.2, 0.25) is 23.8 Å². The van der Waals surface area contributed by atoms with E-state index >= 15 is 0 Å². The zero-order valence-electron chi connectivity index (χ0n) is 15.4. The number of carbonyl (C=O) groups excluding carboxylic acids is 1. The van der Waals surface area contributed by atoms with Gasteiger partial charge in [-0.3, -0.25) is 4.79 Å². The van der Waals surface area contributed by atoms with Crippen LogP contribution >= 0.6 is 0 Å². The molecule has 2 aliphatic heterocycles. The van der Waals surface area contributed by atoms with Gasteiger partial charge >= 0.3 is 0 Å². The number of hydrogen-bond donors (Lipinski definition) is 2. The second-order valence-electron chi connectivity index (χ2n) is 7.07. The van der Waals surface area contributed by atoms with Crippen molar-refractivity contribution in [1.29, 1.82) is 0 Å². The molecule has 3 heterocycles. The van der Waals surface area contributed by atoms with Crippen LogP contribution in [-0.2, 0) is 6.54 Å². The predicted octanol–water partition coefficient (Wildman–Crippen LogP) is 1.78. The molecule has 27 heavy (non-hydrogen) atoms. The number of primary amides is 1. The fourth-order valence-electron chi connectivity index (χ4n) is 3.57. The summed E-state index contributed by atoms with van der Waals surface area (Å²) in [6, 6.07) is 7.28. The van der Waals surface area contributed by atoms with E-state index in [9.17, 15) is 4.79 Å². The van der Waals surface area contributed by atoms with Crippen molar-refractivity contribution in [3.63, 3.8) is 0 Å². The number of hydrogen-bond acceptors (Lipinski definition) is 7. The molecule has 1 amide bonds. The zero-order chi connectivity index (χ0) is 18.6. The number of nitrogens with one attached hydrogen (secondary N) is 1. The first-order valence-corrected chi connectivity index (χ1v) is 9.58. The first-order chi connectivity index (χ1) is 13.2. The molecule has 0 aliphatic carbocycles. The smallest absolute Gasteiger partial charge is 0.248 e. The largest absolute Gasteiger partial charge is 0.366 e. The third-order valence-electron chi connectivity index (χ3n) is 5.05. The Kier molecular flexibility index (Phi) is 5.04. The topological polar surface area (TPSA) is 100 Å². The number of benzene rings is 1. The van der Waals surface area contributed by atoms with Gasteiger partial charge in [-0.05, 0) is 43.4 Å². The van der Waals surface area contributed by atoms with Crippen LogP contribution in [0.5, 0.6) is 0 Å². The van der Waals surface area contributed by atoms with Crippen molar-refractivity contribution < 1.29 is 4.79 Å². The van der Waals surface area contributed by atoms with Crippen LogP contribution in [-0.4, -0.2) is 47.0 Å². The third-order valence-corrected chi connectivity index (χ3v) is 5.05. The summed E-state index contributed by atoms with van der Waals surface area (Å²) < 4.78 is 0. The molecule has 2 fully saturated rings. The molecular weight excluding hydrogens is 342 g/mol. The second kappa shape index (κ2) is 7.77. The monoisotopic (exact) mass is 367 g/mol. The molecule has 8 nitrogen and oxygen atoms in total. The maximum Gasteiger partial charge on any atom is 0.248 e. The molecule has 3 N–H and O–H groups in total. The van der Waals surface area contributed by atoms with Crippen molar-refractivity contribution in [1.82, 2.24) is 15.0 Å². The molecule has 2 saturated heterocycles. The molecule has 0 radical (unpaired) electrons. The van der Waals surface area contributed by atoms with Gasteiger partial charge in [0.25, 0.3) is 0 Å². The number of nitrogens with zero attached hydrogens (tertiary/aromatic N) is 5. The van der Waals surface area contributed by atoms with E-state index in [-0.39, 0.29) is 0 Å². The van der Waals surface area contributed by atoms with Crippen LogP contribution in [0.3, 0.4) is 0 Å². The summed E-state index contributed by atoms with van der Waals surface area (Å²) in [7, 11) is 0. The molecule has 0 saturated carbocycles. The molecule has 8 heteroatoms. The Bertz CT molecular complexity index is 779. The highest BCUT2D eigenvalue weighted by Gasteiger charge is 2.21. The summed E-state index contributed by atoms with van der Waals surface area (Å²) in [4.78, 5) is 29.8. The van der Waals surface area contributed by atoms with Crippen LogP contribution in [0.15, 0.2) is 24.3 Å². The van der Waals surface area contributed by atoms with Crippen molar-refractivity contribution in [2.75, 3.05) is 41.3 Å². The minimum atomic E-state index is -0.426. The van der Waals surface area contributed by atoms with Crippen molar-refractivity contribution in [2.45, 2.75) is 32.2 Å². The number of rotatable bonds is 6. The van der Waals surface area contributed by atoms with E-state index in [1.165, 1.54) is 25.7 Å². The Morgan fingerprint density at radius 1 is 0.963 bits per heavy atom. The lowest BCUT2D eigenvalue weighted by Gasteiger charge is -2.20. The number of carbonyl (C=O) groups is 1. The van der Waals surface area contributed by atoms with Crippen molar-refractivity contribution in [3.8, 4) is 0 Å². The molecule has 0 spiro atoms. The lowest BCUT2D eigenvalue weighted by atomic mass is 10.1. The Morgan fingerprint density at radius 2 is 1.56 bits per heavy atom. The standard InChI is InChI=1S/C19H25N7O/c20-16(27)15-7-5-6-14(12-15)13-21-17-22-18(25-8-1-2-9-25)24-19(23-17)26-10-3-4-11-26/h5-7,12H,1-4,8-11,13H2,(H2,20,27)(H,21,22,23,24). The first-order valence-electron chi connectivity index (χ1n) is 9.58. The van der Waals surface area contributed by atoms with E-state index in [1.807, 2.05) is 12.1 Å². The average molecular weight is 367 g/mol. The Hall–Kier alpha value is -2.90. The van der Waals surface area contributed by atoms with Gasteiger partial charge in [0, 0.05) is 38.3 Å². The highest BCUT2D eigenvalue weighted by Crippen LogP contribution is 2.23. The van der Waals surface area contributed by atoms with Crippen LogP contribution in [0.25, 0.3) is 0 Å². The molecule has 0 atom stereocenters. The lowest BCUT2D eigenvalue weighted by molar-refractivity contribution is 0.1000. The van der Waals surface area contributed by atoms with Gasteiger partial charge in [-0.2, -0.15) is 15.0 Å². The maximum absolute atomic E-state index is 11.4. The number of nitrogens with two attached hydrogens (primary N) is 1. The molecule has 0 bridgehead atoms. The van der Waals surface area contributed by atoms with Gasteiger partial charge < -0.3 is 20.9 Å². The molecular formula is C19H25N7O. The lowest BCUT2D eigenvalue weighted by Crippen LogP contribution is -2.26. The van der Waals surface area contributed by atoms with E-state index in [4.69, 9.17) is 10.7 Å². The van der Waals surface area contributed by atoms with Crippen LogP contribution in [0.1, 0.15) is 41.6 Å². The van der Waals surface area contributed by atoms with Crippen LogP contribution < -0.4 is 20.9 Å². The summed E-state index contributed by atoms with van der Waals surface area (Å²) in [5.74, 6) is 1.64. The third kappa shape index (κ3) is 4.10. The SMILES string of the molecule is NC(=O)c1cccc(CNc2nc(N3CCCC3)nc(N3CCCC3)n2)c1. The minimum Gasteiger partial charge on any atom is -0.366 e. The zero-order valence-corrected chi connectivity index (χ0v) is 15.4. The normalized spacial score (nSPS) is 16.7. The van der Waals surface area contributed by atoms with Gasteiger partial charge in [0.1, 0.15) is 0 Å². The van der Waals surface area contributed by atoms with E-state index in [0.29, 0.717) is 18.1 Å².